The average molecular weight is 206 g/mol. The fourth-order valence-corrected chi connectivity index (χ4v) is 2.79. The van der Waals surface area contributed by atoms with Gasteiger partial charge in [0.25, 0.3) is 0 Å². The van der Waals surface area contributed by atoms with Gasteiger partial charge in [0.1, 0.15) is 0 Å². The van der Waals surface area contributed by atoms with E-state index in [9.17, 15) is 8.42 Å². The molecule has 1 aliphatic heterocycles. The van der Waals surface area contributed by atoms with Crippen molar-refractivity contribution in [1.82, 2.24) is 9.62 Å². The van der Waals surface area contributed by atoms with Crippen molar-refractivity contribution >= 4 is 10.0 Å². The quantitative estimate of drug-likeness (QED) is 0.708. The van der Waals surface area contributed by atoms with E-state index in [1.165, 1.54) is 0 Å². The van der Waals surface area contributed by atoms with Crippen LogP contribution in [0.3, 0.4) is 0 Å². The Kier molecular flexibility index (Phi) is 3.70. The molecule has 0 aromatic rings. The van der Waals surface area contributed by atoms with E-state index in [4.69, 9.17) is 0 Å². The second kappa shape index (κ2) is 4.39. The zero-order valence-electron chi connectivity index (χ0n) is 8.28. The van der Waals surface area contributed by atoms with Gasteiger partial charge < -0.3 is 5.32 Å². The van der Waals surface area contributed by atoms with Crippen molar-refractivity contribution in [2.45, 2.75) is 25.8 Å². The Bertz CT molecular complexity index is 251. The summed E-state index contributed by atoms with van der Waals surface area (Å²) in [7, 11) is -1.09. The van der Waals surface area contributed by atoms with E-state index in [1.807, 2.05) is 7.05 Å². The summed E-state index contributed by atoms with van der Waals surface area (Å²) in [6, 6.07) is 0.329. The number of hydrogen-bond acceptors (Lipinski definition) is 3. The topological polar surface area (TPSA) is 49.4 Å². The molecule has 78 valence electrons. The van der Waals surface area contributed by atoms with E-state index in [1.54, 1.807) is 11.2 Å². The van der Waals surface area contributed by atoms with E-state index in [0.29, 0.717) is 19.1 Å². The highest BCUT2D eigenvalue weighted by Crippen LogP contribution is 2.13. The van der Waals surface area contributed by atoms with Crippen LogP contribution in [0.15, 0.2) is 0 Å². The molecular formula is C8H18N2O2S. The van der Waals surface area contributed by atoms with Gasteiger partial charge in [0.15, 0.2) is 0 Å². The monoisotopic (exact) mass is 206 g/mol. The van der Waals surface area contributed by atoms with Crippen LogP contribution in [0.5, 0.6) is 0 Å². The second-order valence-electron chi connectivity index (χ2n) is 3.39. The molecule has 1 aliphatic rings. The number of piperidine rings is 1. The van der Waals surface area contributed by atoms with Gasteiger partial charge in [-0.05, 0) is 26.8 Å². The fourth-order valence-electron chi connectivity index (χ4n) is 1.61. The third-order valence-corrected chi connectivity index (χ3v) is 4.40. The molecule has 0 spiro atoms. The Balaban J connectivity index is 2.61. The summed E-state index contributed by atoms with van der Waals surface area (Å²) in [5.74, 6) is 0.212. The van der Waals surface area contributed by atoms with E-state index in [-0.39, 0.29) is 5.75 Å². The van der Waals surface area contributed by atoms with Crippen LogP contribution in [0.2, 0.25) is 0 Å². The fraction of sp³-hybridized carbons (Fsp3) is 1.00. The third kappa shape index (κ3) is 2.65. The standard InChI is InChI=1S/C8H18N2O2S/c1-3-13(11,12)10-6-4-5-8(7-10)9-2/h8-9H,3-7H2,1-2H3/t8-/m1/s1. The molecule has 0 saturated carbocycles. The zero-order valence-corrected chi connectivity index (χ0v) is 9.10. The summed E-state index contributed by atoms with van der Waals surface area (Å²) in [6.45, 7) is 3.01. The van der Waals surface area contributed by atoms with Crippen LogP contribution in [0.25, 0.3) is 0 Å². The molecule has 0 radical (unpaired) electrons. The summed E-state index contributed by atoms with van der Waals surface area (Å²) >= 11 is 0. The van der Waals surface area contributed by atoms with Crippen molar-refractivity contribution in [1.29, 1.82) is 0 Å². The summed E-state index contributed by atoms with van der Waals surface area (Å²) in [5, 5.41) is 3.12. The van der Waals surface area contributed by atoms with Crippen LogP contribution >= 0.6 is 0 Å². The zero-order chi connectivity index (χ0) is 9.90. The van der Waals surface area contributed by atoms with Gasteiger partial charge in [-0.1, -0.05) is 0 Å². The minimum Gasteiger partial charge on any atom is -0.316 e. The lowest BCUT2D eigenvalue weighted by atomic mass is 10.1. The highest BCUT2D eigenvalue weighted by Gasteiger charge is 2.26. The second-order valence-corrected chi connectivity index (χ2v) is 5.64. The minimum atomic E-state index is -2.97. The SMILES string of the molecule is CCS(=O)(=O)N1CCC[C@@H](NC)C1. The lowest BCUT2D eigenvalue weighted by molar-refractivity contribution is 0.293. The normalized spacial score (nSPS) is 26.2. The van der Waals surface area contributed by atoms with Crippen molar-refractivity contribution in [3.8, 4) is 0 Å². The molecule has 0 aliphatic carbocycles. The third-order valence-electron chi connectivity index (χ3n) is 2.55. The molecule has 0 unspecified atom stereocenters. The van der Waals surface area contributed by atoms with Crippen LogP contribution in [-0.2, 0) is 10.0 Å². The van der Waals surface area contributed by atoms with E-state index in [2.05, 4.69) is 5.32 Å². The number of sulfonamides is 1. The van der Waals surface area contributed by atoms with Gasteiger partial charge in [-0.15, -0.1) is 0 Å². The predicted molar refractivity (Wildman–Crippen MR) is 53.1 cm³/mol. The lowest BCUT2D eigenvalue weighted by Crippen LogP contribution is -2.47. The Hall–Kier alpha value is -0.130. The van der Waals surface area contributed by atoms with E-state index in [0.717, 1.165) is 12.8 Å². The Morgan fingerprint density at radius 2 is 2.23 bits per heavy atom. The molecular weight excluding hydrogens is 188 g/mol. The Labute approximate surface area is 80.4 Å². The van der Waals surface area contributed by atoms with Crippen molar-refractivity contribution in [2.24, 2.45) is 0 Å². The van der Waals surface area contributed by atoms with Crippen LogP contribution in [0, 0.1) is 0 Å². The summed E-state index contributed by atoms with van der Waals surface area (Å²) in [6.07, 6.45) is 2.04. The molecule has 1 atom stereocenters. The van der Waals surface area contributed by atoms with Crippen LogP contribution < -0.4 is 5.32 Å². The first kappa shape index (κ1) is 10.9. The van der Waals surface area contributed by atoms with Gasteiger partial charge in [0.2, 0.25) is 10.0 Å². The van der Waals surface area contributed by atoms with Crippen molar-refractivity contribution < 1.29 is 8.42 Å². The molecule has 1 fully saturated rings. The van der Waals surface area contributed by atoms with Gasteiger partial charge in [0, 0.05) is 19.1 Å². The molecule has 13 heavy (non-hydrogen) atoms. The molecule has 0 aromatic heterocycles. The van der Waals surface area contributed by atoms with Crippen LogP contribution in [0.1, 0.15) is 19.8 Å². The van der Waals surface area contributed by atoms with Gasteiger partial charge in [-0.2, -0.15) is 0 Å². The highest BCUT2D eigenvalue weighted by atomic mass is 32.2. The summed E-state index contributed by atoms with van der Waals surface area (Å²) in [5.41, 5.74) is 0. The molecule has 0 aromatic carbocycles. The maximum absolute atomic E-state index is 11.5. The van der Waals surface area contributed by atoms with Gasteiger partial charge in [0.05, 0.1) is 5.75 Å². The molecule has 0 bridgehead atoms. The summed E-state index contributed by atoms with van der Waals surface area (Å²) < 4.78 is 24.6. The van der Waals surface area contributed by atoms with E-state index < -0.39 is 10.0 Å². The maximum atomic E-state index is 11.5. The minimum absolute atomic E-state index is 0.212. The number of hydrogen-bond donors (Lipinski definition) is 1. The first-order valence-corrected chi connectivity index (χ1v) is 6.36. The van der Waals surface area contributed by atoms with Crippen LogP contribution in [0.4, 0.5) is 0 Å². The molecule has 1 heterocycles. The molecule has 5 heteroatoms. The largest absolute Gasteiger partial charge is 0.316 e. The molecule has 0 amide bonds. The van der Waals surface area contributed by atoms with Gasteiger partial charge in [-0.3, -0.25) is 0 Å². The van der Waals surface area contributed by atoms with Gasteiger partial charge in [-0.25, -0.2) is 12.7 Å². The molecule has 1 rings (SSSR count). The maximum Gasteiger partial charge on any atom is 0.213 e. The average Bonchev–Trinajstić information content (AvgIpc) is 2.18. The van der Waals surface area contributed by atoms with E-state index >= 15 is 0 Å². The number of nitrogens with one attached hydrogen (secondary N) is 1. The predicted octanol–water partition coefficient (Wildman–Crippen LogP) is 0.0199. The number of likely N-dealkylation sites (N-methyl/N-ethyl adjacent to an activating group) is 1. The van der Waals surface area contributed by atoms with Crippen molar-refractivity contribution in [3.63, 3.8) is 0 Å². The summed E-state index contributed by atoms with van der Waals surface area (Å²) in [4.78, 5) is 0. The first-order chi connectivity index (χ1) is 6.10. The van der Waals surface area contributed by atoms with Crippen LogP contribution in [-0.4, -0.2) is 44.7 Å². The Morgan fingerprint density at radius 3 is 2.77 bits per heavy atom. The van der Waals surface area contributed by atoms with Crippen molar-refractivity contribution in [3.05, 3.63) is 0 Å². The van der Waals surface area contributed by atoms with Crippen molar-refractivity contribution in [2.75, 3.05) is 25.9 Å². The molecule has 4 nitrogen and oxygen atoms in total. The molecule has 1 N–H and O–H groups in total. The highest BCUT2D eigenvalue weighted by molar-refractivity contribution is 7.89. The van der Waals surface area contributed by atoms with Gasteiger partial charge >= 0.3 is 0 Å². The first-order valence-electron chi connectivity index (χ1n) is 4.75. The smallest absolute Gasteiger partial charge is 0.213 e. The number of nitrogens with zero attached hydrogens (tertiary/aromatic N) is 1. The Morgan fingerprint density at radius 1 is 1.54 bits per heavy atom. The molecule has 1 saturated heterocycles. The number of rotatable bonds is 3. The lowest BCUT2D eigenvalue weighted by Gasteiger charge is -2.31.